The summed E-state index contributed by atoms with van der Waals surface area (Å²) >= 11 is 0. The molecule has 4 heteroatoms. The molecule has 3 rings (SSSR count). The van der Waals surface area contributed by atoms with Crippen molar-refractivity contribution in [3.63, 3.8) is 0 Å². The number of aryl methyl sites for hydroxylation is 2. The van der Waals surface area contributed by atoms with Crippen LogP contribution in [0, 0.1) is 0 Å². The molecule has 0 aliphatic carbocycles. The van der Waals surface area contributed by atoms with Crippen molar-refractivity contribution < 1.29 is 13.2 Å². The van der Waals surface area contributed by atoms with Gasteiger partial charge in [0, 0.05) is 19.6 Å². The monoisotopic (exact) mass is 401 g/mol. The van der Waals surface area contributed by atoms with Gasteiger partial charge >= 0.3 is 6.18 Å². The largest absolute Gasteiger partial charge is 0.416 e. The molecule has 0 aromatic heterocycles. The van der Waals surface area contributed by atoms with E-state index >= 15 is 0 Å². The van der Waals surface area contributed by atoms with E-state index in [1.165, 1.54) is 35.2 Å². The fourth-order valence-electron chi connectivity index (χ4n) is 4.04. The first kappa shape index (κ1) is 21.6. The molecule has 1 nitrogen and oxygen atoms in total. The van der Waals surface area contributed by atoms with Gasteiger partial charge in [-0.15, -0.1) is 0 Å². The van der Waals surface area contributed by atoms with Crippen molar-refractivity contribution in [2.45, 2.75) is 52.1 Å². The van der Waals surface area contributed by atoms with Crippen LogP contribution >= 0.6 is 0 Å². The summed E-state index contributed by atoms with van der Waals surface area (Å²) in [6, 6.07) is 12.6. The minimum absolute atomic E-state index is 0.573. The lowest BCUT2D eigenvalue weighted by molar-refractivity contribution is -0.137. The highest BCUT2D eigenvalue weighted by atomic mass is 19.4. The van der Waals surface area contributed by atoms with Crippen molar-refractivity contribution in [1.82, 2.24) is 4.90 Å². The fourth-order valence-corrected chi connectivity index (χ4v) is 4.04. The van der Waals surface area contributed by atoms with Crippen LogP contribution in [0.5, 0.6) is 0 Å². The van der Waals surface area contributed by atoms with Crippen LogP contribution in [0.25, 0.3) is 5.57 Å². The molecule has 1 aliphatic rings. The van der Waals surface area contributed by atoms with Crippen molar-refractivity contribution in [2.75, 3.05) is 19.6 Å². The molecule has 1 heterocycles. The highest BCUT2D eigenvalue weighted by Gasteiger charge is 2.30. The average Bonchev–Trinajstić information content (AvgIpc) is 2.73. The standard InChI is InChI=1S/C25H30F3N/c1-3-6-21-10-9-19(17-20(21)4-2)11-14-29-15-12-22(13-16-29)23-7-5-8-24(18-23)25(26,27)28/h5,7-10,12,17-18H,3-4,6,11,13-16H2,1-2H3. The predicted octanol–water partition coefficient (Wildman–Crippen LogP) is 6.55. The van der Waals surface area contributed by atoms with Crippen LogP contribution in [0.1, 0.15) is 54.5 Å². The molecule has 0 saturated heterocycles. The fraction of sp³-hybridized carbons (Fsp3) is 0.440. The molecule has 0 saturated carbocycles. The van der Waals surface area contributed by atoms with E-state index in [1.807, 2.05) is 0 Å². The van der Waals surface area contributed by atoms with E-state index in [1.54, 1.807) is 6.07 Å². The predicted molar refractivity (Wildman–Crippen MR) is 114 cm³/mol. The van der Waals surface area contributed by atoms with Crippen molar-refractivity contribution in [3.8, 4) is 0 Å². The first-order valence-corrected chi connectivity index (χ1v) is 10.6. The molecule has 156 valence electrons. The summed E-state index contributed by atoms with van der Waals surface area (Å²) in [5, 5.41) is 0. The molecule has 0 radical (unpaired) electrons. The van der Waals surface area contributed by atoms with Crippen LogP contribution in [0.3, 0.4) is 0 Å². The highest BCUT2D eigenvalue weighted by molar-refractivity contribution is 5.67. The maximum Gasteiger partial charge on any atom is 0.416 e. The van der Waals surface area contributed by atoms with Gasteiger partial charge in [-0.3, -0.25) is 4.90 Å². The number of halogens is 3. The second-order valence-corrected chi connectivity index (χ2v) is 7.82. The Morgan fingerprint density at radius 1 is 0.966 bits per heavy atom. The van der Waals surface area contributed by atoms with Crippen molar-refractivity contribution in [2.24, 2.45) is 0 Å². The maximum absolute atomic E-state index is 13.0. The SMILES string of the molecule is CCCc1ccc(CCN2CC=C(c3cccc(C(F)(F)F)c3)CC2)cc1CC. The van der Waals surface area contributed by atoms with Gasteiger partial charge in [0.15, 0.2) is 0 Å². The molecule has 0 fully saturated rings. The van der Waals surface area contributed by atoms with Gasteiger partial charge in [-0.1, -0.05) is 56.7 Å². The number of hydrogen-bond acceptors (Lipinski definition) is 1. The summed E-state index contributed by atoms with van der Waals surface area (Å²) in [6.45, 7) is 7.08. The number of alkyl halides is 3. The second kappa shape index (κ2) is 9.62. The van der Waals surface area contributed by atoms with E-state index in [0.717, 1.165) is 57.0 Å². The lowest BCUT2D eigenvalue weighted by Gasteiger charge is -2.27. The zero-order valence-corrected chi connectivity index (χ0v) is 17.4. The summed E-state index contributed by atoms with van der Waals surface area (Å²) in [7, 11) is 0. The first-order valence-electron chi connectivity index (χ1n) is 10.6. The van der Waals surface area contributed by atoms with Crippen LogP contribution in [0.2, 0.25) is 0 Å². The van der Waals surface area contributed by atoms with Gasteiger partial charge in [-0.25, -0.2) is 0 Å². The molecule has 2 aromatic carbocycles. The van der Waals surface area contributed by atoms with E-state index in [0.29, 0.717) is 5.56 Å². The molecule has 0 N–H and O–H groups in total. The molecule has 0 amide bonds. The third kappa shape index (κ3) is 5.72. The van der Waals surface area contributed by atoms with Gasteiger partial charge in [-0.2, -0.15) is 13.2 Å². The van der Waals surface area contributed by atoms with Crippen molar-refractivity contribution in [3.05, 3.63) is 76.4 Å². The second-order valence-electron chi connectivity index (χ2n) is 7.82. The van der Waals surface area contributed by atoms with Gasteiger partial charge in [0.25, 0.3) is 0 Å². The number of nitrogens with zero attached hydrogens (tertiary/aromatic N) is 1. The van der Waals surface area contributed by atoms with Crippen LogP contribution in [-0.4, -0.2) is 24.5 Å². The summed E-state index contributed by atoms with van der Waals surface area (Å²) in [5.41, 5.74) is 5.43. The molecule has 0 unspecified atom stereocenters. The number of benzene rings is 2. The molecule has 2 aromatic rings. The topological polar surface area (TPSA) is 3.24 Å². The van der Waals surface area contributed by atoms with E-state index in [2.05, 4.69) is 43.0 Å². The normalized spacial score (nSPS) is 15.4. The van der Waals surface area contributed by atoms with E-state index in [9.17, 15) is 13.2 Å². The molecule has 29 heavy (non-hydrogen) atoms. The zero-order chi connectivity index (χ0) is 20.9. The Hall–Kier alpha value is -2.07. The van der Waals surface area contributed by atoms with Crippen LogP contribution in [-0.2, 0) is 25.4 Å². The van der Waals surface area contributed by atoms with Crippen molar-refractivity contribution in [1.29, 1.82) is 0 Å². The quantitative estimate of drug-likeness (QED) is 0.508. The van der Waals surface area contributed by atoms with Crippen LogP contribution < -0.4 is 0 Å². The highest BCUT2D eigenvalue weighted by Crippen LogP contribution is 2.32. The summed E-state index contributed by atoms with van der Waals surface area (Å²) in [4.78, 5) is 2.38. The average molecular weight is 402 g/mol. The maximum atomic E-state index is 13.0. The number of rotatable bonds is 7. The van der Waals surface area contributed by atoms with Gasteiger partial charge in [0.05, 0.1) is 5.56 Å². The van der Waals surface area contributed by atoms with Crippen LogP contribution in [0.15, 0.2) is 48.5 Å². The Morgan fingerprint density at radius 3 is 2.45 bits per heavy atom. The molecule has 0 atom stereocenters. The Labute approximate surface area is 172 Å². The van der Waals surface area contributed by atoms with Gasteiger partial charge in [0.2, 0.25) is 0 Å². The smallest absolute Gasteiger partial charge is 0.299 e. The van der Waals surface area contributed by atoms with Gasteiger partial charge in [0.1, 0.15) is 0 Å². The first-order chi connectivity index (χ1) is 13.9. The van der Waals surface area contributed by atoms with E-state index in [4.69, 9.17) is 0 Å². The lowest BCUT2D eigenvalue weighted by Crippen LogP contribution is -2.30. The molecular formula is C25H30F3N. The number of hydrogen-bond donors (Lipinski definition) is 0. The summed E-state index contributed by atoms with van der Waals surface area (Å²) in [6.07, 6.45) is 2.96. The third-order valence-electron chi connectivity index (χ3n) is 5.74. The minimum Gasteiger partial charge on any atom is -0.299 e. The van der Waals surface area contributed by atoms with Crippen LogP contribution in [0.4, 0.5) is 13.2 Å². The Balaban J connectivity index is 1.59. The van der Waals surface area contributed by atoms with Gasteiger partial charge < -0.3 is 0 Å². The molecule has 0 bridgehead atoms. The molecule has 0 spiro atoms. The zero-order valence-electron chi connectivity index (χ0n) is 17.4. The third-order valence-corrected chi connectivity index (χ3v) is 5.74. The Morgan fingerprint density at radius 2 is 1.79 bits per heavy atom. The minimum atomic E-state index is -4.29. The summed E-state index contributed by atoms with van der Waals surface area (Å²) < 4.78 is 38.9. The van der Waals surface area contributed by atoms with Crippen molar-refractivity contribution >= 4 is 5.57 Å². The molecular weight excluding hydrogens is 371 g/mol. The Bertz CT molecular complexity index is 851. The lowest BCUT2D eigenvalue weighted by atomic mass is 9.96. The molecule has 1 aliphatic heterocycles. The van der Waals surface area contributed by atoms with E-state index < -0.39 is 11.7 Å². The van der Waals surface area contributed by atoms with E-state index in [-0.39, 0.29) is 0 Å². The van der Waals surface area contributed by atoms with Gasteiger partial charge in [-0.05, 0) is 65.6 Å². The Kier molecular flexibility index (Phi) is 7.18. The summed E-state index contributed by atoms with van der Waals surface area (Å²) in [5.74, 6) is 0.